The summed E-state index contributed by atoms with van der Waals surface area (Å²) in [6.07, 6.45) is 2.90. The molecule has 7 heteroatoms. The number of aliphatic imine (C=N–C) groups is 1. The molecular weight excluding hydrogens is 366 g/mol. The molecule has 1 saturated heterocycles. The maximum Gasteiger partial charge on any atom is 0.213 e. The second-order valence-corrected chi connectivity index (χ2v) is 6.95. The number of anilines is 1. The van der Waals surface area contributed by atoms with Crippen LogP contribution in [0.2, 0.25) is 0 Å². The van der Waals surface area contributed by atoms with Crippen molar-refractivity contribution in [2.45, 2.75) is 25.9 Å². The molecule has 156 valence electrons. The first-order valence-electron chi connectivity index (χ1n) is 10.2. The molecule has 3 rings (SSSR count). The van der Waals surface area contributed by atoms with Crippen LogP contribution in [0.5, 0.6) is 5.88 Å². The van der Waals surface area contributed by atoms with Gasteiger partial charge in [-0.1, -0.05) is 24.3 Å². The van der Waals surface area contributed by atoms with Gasteiger partial charge in [-0.05, 0) is 31.0 Å². The highest BCUT2D eigenvalue weighted by atomic mass is 16.5. The molecule has 2 N–H and O–H groups in total. The van der Waals surface area contributed by atoms with E-state index in [-0.39, 0.29) is 0 Å². The van der Waals surface area contributed by atoms with Crippen molar-refractivity contribution in [1.29, 1.82) is 0 Å². The van der Waals surface area contributed by atoms with Crippen LogP contribution in [0.25, 0.3) is 0 Å². The average Bonchev–Trinajstić information content (AvgIpc) is 3.22. The highest BCUT2D eigenvalue weighted by Crippen LogP contribution is 2.19. The number of para-hydroxylation sites is 1. The highest BCUT2D eigenvalue weighted by molar-refractivity contribution is 5.80. The molecule has 0 spiro atoms. The number of hydrogen-bond acceptors (Lipinski definition) is 5. The number of methoxy groups -OCH3 is 1. The molecular formula is C22H31N5O2. The molecule has 29 heavy (non-hydrogen) atoms. The van der Waals surface area contributed by atoms with E-state index in [4.69, 9.17) is 14.5 Å². The van der Waals surface area contributed by atoms with E-state index in [9.17, 15) is 0 Å². The van der Waals surface area contributed by atoms with Gasteiger partial charge in [0.1, 0.15) is 6.61 Å². The van der Waals surface area contributed by atoms with Crippen LogP contribution in [-0.2, 0) is 11.3 Å². The lowest BCUT2D eigenvalue weighted by molar-refractivity contribution is 0.143. The van der Waals surface area contributed by atoms with Crippen molar-refractivity contribution in [3.63, 3.8) is 0 Å². The normalized spacial score (nSPS) is 16.7. The third-order valence-electron chi connectivity index (χ3n) is 4.75. The van der Waals surface area contributed by atoms with E-state index in [0.717, 1.165) is 37.6 Å². The van der Waals surface area contributed by atoms with Crippen LogP contribution in [0.4, 0.5) is 5.69 Å². The van der Waals surface area contributed by atoms with Crippen molar-refractivity contribution in [2.24, 2.45) is 4.99 Å². The highest BCUT2D eigenvalue weighted by Gasteiger charge is 2.23. The SMILES string of the molecule is CCNC(=NCc1ccc(OCCOC)nc1)NC1CCN(c2ccccc2)C1. The summed E-state index contributed by atoms with van der Waals surface area (Å²) in [4.78, 5) is 11.5. The number of aromatic nitrogens is 1. The van der Waals surface area contributed by atoms with Gasteiger partial charge in [0, 0.05) is 50.7 Å². The maximum atomic E-state index is 5.50. The monoisotopic (exact) mass is 397 g/mol. The fourth-order valence-electron chi connectivity index (χ4n) is 3.25. The molecule has 7 nitrogen and oxygen atoms in total. The average molecular weight is 398 g/mol. The maximum absolute atomic E-state index is 5.50. The number of nitrogens with zero attached hydrogens (tertiary/aromatic N) is 3. The molecule has 0 saturated carbocycles. The molecule has 0 bridgehead atoms. The van der Waals surface area contributed by atoms with Gasteiger partial charge in [0.15, 0.2) is 5.96 Å². The molecule has 2 aromatic rings. The van der Waals surface area contributed by atoms with Crippen molar-refractivity contribution in [3.8, 4) is 5.88 Å². The van der Waals surface area contributed by atoms with Gasteiger partial charge in [-0.2, -0.15) is 0 Å². The van der Waals surface area contributed by atoms with Crippen LogP contribution in [0.1, 0.15) is 18.9 Å². The molecule has 1 aromatic carbocycles. The summed E-state index contributed by atoms with van der Waals surface area (Å²) in [5, 5.41) is 6.91. The van der Waals surface area contributed by atoms with Crippen LogP contribution in [0, 0.1) is 0 Å². The third-order valence-corrected chi connectivity index (χ3v) is 4.75. The number of nitrogens with one attached hydrogen (secondary N) is 2. The van der Waals surface area contributed by atoms with E-state index < -0.39 is 0 Å². The molecule has 0 aliphatic carbocycles. The van der Waals surface area contributed by atoms with Crippen LogP contribution in [0.3, 0.4) is 0 Å². The summed E-state index contributed by atoms with van der Waals surface area (Å²) < 4.78 is 10.5. The molecule has 0 radical (unpaired) electrons. The Hall–Kier alpha value is -2.80. The van der Waals surface area contributed by atoms with Gasteiger partial charge in [0.2, 0.25) is 5.88 Å². The lowest BCUT2D eigenvalue weighted by Gasteiger charge is -2.20. The van der Waals surface area contributed by atoms with Crippen molar-refractivity contribution in [3.05, 3.63) is 54.2 Å². The standard InChI is InChI=1S/C22H31N5O2/c1-3-23-22(25-16-18-9-10-21(24-15-18)29-14-13-28-2)26-19-11-12-27(17-19)20-7-5-4-6-8-20/h4-10,15,19H,3,11-14,16-17H2,1-2H3,(H2,23,25,26). The molecule has 1 atom stereocenters. The number of benzene rings is 1. The second kappa shape index (κ2) is 11.3. The summed E-state index contributed by atoms with van der Waals surface area (Å²) in [5.41, 5.74) is 2.32. The van der Waals surface area contributed by atoms with E-state index in [1.54, 1.807) is 7.11 Å². The summed E-state index contributed by atoms with van der Waals surface area (Å²) in [5.74, 6) is 1.44. The zero-order valence-electron chi connectivity index (χ0n) is 17.3. The number of pyridine rings is 1. The predicted octanol–water partition coefficient (Wildman–Crippen LogP) is 2.44. The molecule has 1 aliphatic rings. The minimum absolute atomic E-state index is 0.377. The van der Waals surface area contributed by atoms with Crippen molar-refractivity contribution in [2.75, 3.05) is 44.9 Å². The number of rotatable bonds is 9. The summed E-state index contributed by atoms with van der Waals surface area (Å²) >= 11 is 0. The van der Waals surface area contributed by atoms with Gasteiger partial charge in [-0.15, -0.1) is 0 Å². The molecule has 2 heterocycles. The largest absolute Gasteiger partial charge is 0.475 e. The molecule has 1 aliphatic heterocycles. The minimum Gasteiger partial charge on any atom is -0.475 e. The minimum atomic E-state index is 0.377. The number of hydrogen-bond donors (Lipinski definition) is 2. The first kappa shape index (κ1) is 20.9. The zero-order valence-corrected chi connectivity index (χ0v) is 17.3. The van der Waals surface area contributed by atoms with Gasteiger partial charge in [0.05, 0.1) is 13.2 Å². The third kappa shape index (κ3) is 6.64. The summed E-state index contributed by atoms with van der Waals surface area (Å²) in [7, 11) is 1.65. The fraction of sp³-hybridized carbons (Fsp3) is 0.455. The lowest BCUT2D eigenvalue weighted by atomic mass is 10.2. The molecule has 1 fully saturated rings. The Morgan fingerprint density at radius 1 is 1.21 bits per heavy atom. The Labute approximate surface area is 173 Å². The number of guanidine groups is 1. The van der Waals surface area contributed by atoms with Crippen LogP contribution in [0.15, 0.2) is 53.7 Å². The van der Waals surface area contributed by atoms with Gasteiger partial charge < -0.3 is 25.0 Å². The van der Waals surface area contributed by atoms with E-state index >= 15 is 0 Å². The first-order chi connectivity index (χ1) is 14.3. The number of ether oxygens (including phenoxy) is 2. The smallest absolute Gasteiger partial charge is 0.213 e. The zero-order chi connectivity index (χ0) is 20.3. The lowest BCUT2D eigenvalue weighted by Crippen LogP contribution is -2.44. The van der Waals surface area contributed by atoms with E-state index in [1.165, 1.54) is 5.69 Å². The van der Waals surface area contributed by atoms with E-state index in [1.807, 2.05) is 18.3 Å². The van der Waals surface area contributed by atoms with Crippen molar-refractivity contribution >= 4 is 11.6 Å². The van der Waals surface area contributed by atoms with Crippen LogP contribution >= 0.6 is 0 Å². The van der Waals surface area contributed by atoms with Gasteiger partial charge in [-0.25, -0.2) is 9.98 Å². The topological polar surface area (TPSA) is 71.0 Å². The Kier molecular flexibility index (Phi) is 8.12. The quantitative estimate of drug-likeness (QED) is 0.385. The second-order valence-electron chi connectivity index (χ2n) is 6.95. The van der Waals surface area contributed by atoms with E-state index in [0.29, 0.717) is 31.7 Å². The van der Waals surface area contributed by atoms with Crippen LogP contribution < -0.4 is 20.3 Å². The molecule has 0 amide bonds. The first-order valence-corrected chi connectivity index (χ1v) is 10.2. The van der Waals surface area contributed by atoms with Gasteiger partial charge in [0.25, 0.3) is 0 Å². The predicted molar refractivity (Wildman–Crippen MR) is 117 cm³/mol. The van der Waals surface area contributed by atoms with Gasteiger partial charge >= 0.3 is 0 Å². The molecule has 1 aromatic heterocycles. The summed E-state index contributed by atoms with van der Waals surface area (Å²) in [6, 6.07) is 14.8. The van der Waals surface area contributed by atoms with E-state index in [2.05, 4.69) is 57.8 Å². The fourth-order valence-corrected chi connectivity index (χ4v) is 3.25. The van der Waals surface area contributed by atoms with Crippen molar-refractivity contribution in [1.82, 2.24) is 15.6 Å². The Balaban J connectivity index is 1.52. The Morgan fingerprint density at radius 3 is 2.79 bits per heavy atom. The van der Waals surface area contributed by atoms with Crippen LogP contribution in [-0.4, -0.2) is 56.9 Å². The van der Waals surface area contributed by atoms with Crippen molar-refractivity contribution < 1.29 is 9.47 Å². The van der Waals surface area contributed by atoms with Gasteiger partial charge in [-0.3, -0.25) is 0 Å². The summed E-state index contributed by atoms with van der Waals surface area (Å²) in [6.45, 7) is 6.54. The molecule has 1 unspecified atom stereocenters. The Bertz CT molecular complexity index is 752. The Morgan fingerprint density at radius 2 is 2.07 bits per heavy atom.